The first kappa shape index (κ1) is 12.3. The van der Waals surface area contributed by atoms with Crippen LogP contribution < -0.4 is 10.5 Å². The molecule has 96 valence electrons. The molecule has 0 aliphatic rings. The van der Waals surface area contributed by atoms with Crippen molar-refractivity contribution in [1.82, 2.24) is 10.2 Å². The Bertz CT molecular complexity index is 563. The standard InChI is InChI=1S/C11H10F3N3O/c1-18-9-4-6(11(12,13)14)2-3-7(9)8-5-10(15)17-16-8/h2-5H,1H3,(H3,15,16,17). The summed E-state index contributed by atoms with van der Waals surface area (Å²) in [5, 5.41) is 6.33. The molecule has 4 nitrogen and oxygen atoms in total. The van der Waals surface area contributed by atoms with Crippen LogP contribution in [-0.2, 0) is 6.18 Å². The van der Waals surface area contributed by atoms with E-state index in [2.05, 4.69) is 10.2 Å². The fourth-order valence-electron chi connectivity index (χ4n) is 1.57. The Morgan fingerprint density at radius 3 is 2.50 bits per heavy atom. The Morgan fingerprint density at radius 1 is 1.28 bits per heavy atom. The van der Waals surface area contributed by atoms with Gasteiger partial charge in [-0.3, -0.25) is 5.10 Å². The molecule has 2 rings (SSSR count). The number of nitrogens with one attached hydrogen (secondary N) is 1. The second kappa shape index (κ2) is 4.25. The molecule has 0 aliphatic carbocycles. The SMILES string of the molecule is COc1cc(C(F)(F)F)ccc1-c1cc(N)n[nH]1. The lowest BCUT2D eigenvalue weighted by molar-refractivity contribution is -0.137. The number of nitrogen functional groups attached to an aromatic ring is 1. The summed E-state index contributed by atoms with van der Waals surface area (Å²) in [6.07, 6.45) is -4.40. The highest BCUT2D eigenvalue weighted by molar-refractivity contribution is 5.69. The number of nitrogens with zero attached hydrogens (tertiary/aromatic N) is 1. The topological polar surface area (TPSA) is 63.9 Å². The fourth-order valence-corrected chi connectivity index (χ4v) is 1.57. The number of halogens is 3. The van der Waals surface area contributed by atoms with Crippen LogP contribution in [0.3, 0.4) is 0 Å². The van der Waals surface area contributed by atoms with Crippen molar-refractivity contribution < 1.29 is 17.9 Å². The molecular formula is C11H10F3N3O. The average Bonchev–Trinajstić information content (AvgIpc) is 2.73. The smallest absolute Gasteiger partial charge is 0.416 e. The van der Waals surface area contributed by atoms with E-state index in [-0.39, 0.29) is 11.6 Å². The van der Waals surface area contributed by atoms with Gasteiger partial charge < -0.3 is 10.5 Å². The Hall–Kier alpha value is -2.18. The molecule has 0 fully saturated rings. The Kier molecular flexibility index (Phi) is 2.90. The molecule has 7 heteroatoms. The first-order valence-corrected chi connectivity index (χ1v) is 4.98. The van der Waals surface area contributed by atoms with Gasteiger partial charge in [-0.1, -0.05) is 0 Å². The largest absolute Gasteiger partial charge is 0.496 e. The zero-order valence-corrected chi connectivity index (χ0v) is 9.38. The summed E-state index contributed by atoms with van der Waals surface area (Å²) >= 11 is 0. The zero-order valence-electron chi connectivity index (χ0n) is 9.38. The third kappa shape index (κ3) is 2.24. The van der Waals surface area contributed by atoms with Gasteiger partial charge in [-0.15, -0.1) is 0 Å². The summed E-state index contributed by atoms with van der Waals surface area (Å²) in [5.74, 6) is 0.362. The number of alkyl halides is 3. The van der Waals surface area contributed by atoms with Gasteiger partial charge >= 0.3 is 6.18 Å². The minimum atomic E-state index is -4.40. The van der Waals surface area contributed by atoms with Gasteiger partial charge in [0, 0.05) is 11.6 Å². The molecule has 0 unspecified atom stereocenters. The molecule has 0 saturated carbocycles. The highest BCUT2D eigenvalue weighted by Gasteiger charge is 2.31. The van der Waals surface area contributed by atoms with E-state index >= 15 is 0 Å². The van der Waals surface area contributed by atoms with E-state index in [0.717, 1.165) is 12.1 Å². The maximum absolute atomic E-state index is 12.5. The molecule has 0 atom stereocenters. The van der Waals surface area contributed by atoms with Crippen LogP contribution in [0, 0.1) is 0 Å². The van der Waals surface area contributed by atoms with Crippen molar-refractivity contribution in [2.75, 3.05) is 12.8 Å². The van der Waals surface area contributed by atoms with Gasteiger partial charge in [-0.25, -0.2) is 0 Å². The Balaban J connectivity index is 2.50. The number of rotatable bonds is 2. The molecule has 3 N–H and O–H groups in total. The maximum Gasteiger partial charge on any atom is 0.416 e. The molecule has 0 radical (unpaired) electrons. The summed E-state index contributed by atoms with van der Waals surface area (Å²) in [4.78, 5) is 0. The number of nitrogens with two attached hydrogens (primary N) is 1. The van der Waals surface area contributed by atoms with E-state index in [9.17, 15) is 13.2 Å². The van der Waals surface area contributed by atoms with E-state index in [1.165, 1.54) is 19.2 Å². The van der Waals surface area contributed by atoms with Crippen LogP contribution in [0.25, 0.3) is 11.3 Å². The number of aromatic nitrogens is 2. The van der Waals surface area contributed by atoms with Crippen molar-refractivity contribution in [3.63, 3.8) is 0 Å². The van der Waals surface area contributed by atoms with Gasteiger partial charge in [0.2, 0.25) is 0 Å². The quantitative estimate of drug-likeness (QED) is 0.869. The molecule has 2 aromatic rings. The van der Waals surface area contributed by atoms with Crippen LogP contribution >= 0.6 is 0 Å². The average molecular weight is 257 g/mol. The predicted molar refractivity (Wildman–Crippen MR) is 60.0 cm³/mol. The van der Waals surface area contributed by atoms with Gasteiger partial charge in [0.15, 0.2) is 0 Å². The van der Waals surface area contributed by atoms with Crippen LogP contribution in [0.4, 0.5) is 19.0 Å². The van der Waals surface area contributed by atoms with Crippen molar-refractivity contribution >= 4 is 5.82 Å². The van der Waals surface area contributed by atoms with Gasteiger partial charge in [-0.2, -0.15) is 18.3 Å². The van der Waals surface area contributed by atoms with E-state index in [1.54, 1.807) is 0 Å². The first-order chi connectivity index (χ1) is 8.41. The van der Waals surface area contributed by atoms with Crippen molar-refractivity contribution in [3.05, 3.63) is 29.8 Å². The Morgan fingerprint density at radius 2 is 2.00 bits per heavy atom. The fraction of sp³-hybridized carbons (Fsp3) is 0.182. The predicted octanol–water partition coefficient (Wildman–Crippen LogP) is 2.69. The number of aromatic amines is 1. The molecule has 1 aromatic carbocycles. The highest BCUT2D eigenvalue weighted by Crippen LogP contribution is 2.36. The summed E-state index contributed by atoms with van der Waals surface area (Å²) < 4.78 is 42.6. The molecule has 1 heterocycles. The van der Waals surface area contributed by atoms with Crippen LogP contribution in [0.1, 0.15) is 5.56 Å². The maximum atomic E-state index is 12.5. The second-order valence-electron chi connectivity index (χ2n) is 3.62. The Labute approximate surface area is 101 Å². The highest BCUT2D eigenvalue weighted by atomic mass is 19.4. The van der Waals surface area contributed by atoms with Gasteiger partial charge in [0.05, 0.1) is 18.4 Å². The summed E-state index contributed by atoms with van der Waals surface area (Å²) in [5.41, 5.74) is 5.64. The van der Waals surface area contributed by atoms with Crippen molar-refractivity contribution in [3.8, 4) is 17.0 Å². The minimum absolute atomic E-state index is 0.105. The van der Waals surface area contributed by atoms with E-state index in [1.807, 2.05) is 0 Å². The number of anilines is 1. The molecular weight excluding hydrogens is 247 g/mol. The van der Waals surface area contributed by atoms with Crippen molar-refractivity contribution in [2.45, 2.75) is 6.18 Å². The normalized spacial score (nSPS) is 11.6. The van der Waals surface area contributed by atoms with Gasteiger partial charge in [0.1, 0.15) is 11.6 Å². The van der Waals surface area contributed by atoms with Crippen molar-refractivity contribution in [2.24, 2.45) is 0 Å². The second-order valence-corrected chi connectivity index (χ2v) is 3.62. The monoisotopic (exact) mass is 257 g/mol. The lowest BCUT2D eigenvalue weighted by Crippen LogP contribution is -2.05. The summed E-state index contributed by atoms with van der Waals surface area (Å²) in [6, 6.07) is 4.75. The van der Waals surface area contributed by atoms with Crippen LogP contribution in [0.2, 0.25) is 0 Å². The number of H-pyrrole nitrogens is 1. The molecule has 0 saturated heterocycles. The third-order valence-corrected chi connectivity index (χ3v) is 2.42. The molecule has 0 aliphatic heterocycles. The number of ether oxygens (including phenoxy) is 1. The lowest BCUT2D eigenvalue weighted by Gasteiger charge is -2.11. The van der Waals surface area contributed by atoms with Crippen LogP contribution in [0.5, 0.6) is 5.75 Å². The van der Waals surface area contributed by atoms with E-state index in [4.69, 9.17) is 10.5 Å². The number of hydrogen-bond acceptors (Lipinski definition) is 3. The first-order valence-electron chi connectivity index (χ1n) is 4.98. The molecule has 0 spiro atoms. The lowest BCUT2D eigenvalue weighted by atomic mass is 10.1. The molecule has 0 bridgehead atoms. The van der Waals surface area contributed by atoms with E-state index in [0.29, 0.717) is 11.3 Å². The number of hydrogen-bond donors (Lipinski definition) is 2. The van der Waals surface area contributed by atoms with E-state index < -0.39 is 11.7 Å². The molecule has 1 aromatic heterocycles. The zero-order chi connectivity index (χ0) is 13.3. The molecule has 0 amide bonds. The van der Waals surface area contributed by atoms with Gasteiger partial charge in [0.25, 0.3) is 0 Å². The van der Waals surface area contributed by atoms with Crippen LogP contribution in [0.15, 0.2) is 24.3 Å². The van der Waals surface area contributed by atoms with Gasteiger partial charge in [-0.05, 0) is 18.2 Å². The number of benzene rings is 1. The number of methoxy groups -OCH3 is 1. The minimum Gasteiger partial charge on any atom is -0.496 e. The third-order valence-electron chi connectivity index (χ3n) is 2.42. The van der Waals surface area contributed by atoms with Crippen molar-refractivity contribution in [1.29, 1.82) is 0 Å². The summed E-state index contributed by atoms with van der Waals surface area (Å²) in [7, 11) is 1.30. The molecule has 18 heavy (non-hydrogen) atoms. The van der Waals surface area contributed by atoms with Crippen LogP contribution in [-0.4, -0.2) is 17.3 Å². The summed E-state index contributed by atoms with van der Waals surface area (Å²) in [6.45, 7) is 0.